The van der Waals surface area contributed by atoms with E-state index in [1.165, 1.54) is 0 Å². The first kappa shape index (κ1) is 15.3. The molecule has 4 nitrogen and oxygen atoms in total. The van der Waals surface area contributed by atoms with Crippen molar-refractivity contribution in [2.75, 3.05) is 27.2 Å². The Morgan fingerprint density at radius 2 is 1.86 bits per heavy atom. The van der Waals surface area contributed by atoms with Crippen LogP contribution in [0, 0.1) is 0 Å². The van der Waals surface area contributed by atoms with E-state index in [2.05, 4.69) is 0 Å². The van der Waals surface area contributed by atoms with Crippen LogP contribution in [0.15, 0.2) is 36.4 Å². The molecule has 0 radical (unpaired) electrons. The zero-order chi connectivity index (χ0) is 15.4. The number of aromatic hydroxyl groups is 1. The summed E-state index contributed by atoms with van der Waals surface area (Å²) in [6.45, 7) is 3.68. The number of carbonyl (C=O) groups excluding carboxylic acids is 1. The second-order valence-electron chi connectivity index (χ2n) is 5.38. The van der Waals surface area contributed by atoms with Crippen LogP contribution in [0.5, 0.6) is 5.75 Å². The number of benzene rings is 2. The average Bonchev–Trinajstić information content (AvgIpc) is 2.48. The van der Waals surface area contributed by atoms with Crippen molar-refractivity contribution in [3.8, 4) is 5.75 Å². The molecule has 2 aromatic rings. The summed E-state index contributed by atoms with van der Waals surface area (Å²) < 4.78 is 0. The first-order valence-corrected chi connectivity index (χ1v) is 7.15. The van der Waals surface area contributed by atoms with Gasteiger partial charge in [-0.3, -0.25) is 9.69 Å². The predicted octanol–water partition coefficient (Wildman–Crippen LogP) is 2.46. The van der Waals surface area contributed by atoms with Crippen LogP contribution in [-0.2, 0) is 11.3 Å². The maximum absolute atomic E-state index is 11.9. The Labute approximate surface area is 125 Å². The van der Waals surface area contributed by atoms with Crippen LogP contribution in [0.3, 0.4) is 0 Å². The van der Waals surface area contributed by atoms with E-state index in [1.54, 1.807) is 25.1 Å². The lowest BCUT2D eigenvalue weighted by Crippen LogP contribution is -2.36. The summed E-state index contributed by atoms with van der Waals surface area (Å²) in [7, 11) is 3.51. The summed E-state index contributed by atoms with van der Waals surface area (Å²) in [5.41, 5.74) is 0.876. The first-order valence-electron chi connectivity index (χ1n) is 7.15. The maximum Gasteiger partial charge on any atom is 0.236 e. The number of fused-ring (bicyclic) bond motifs is 1. The third-order valence-electron chi connectivity index (χ3n) is 3.70. The molecule has 0 aromatic heterocycles. The number of hydrogen-bond acceptors (Lipinski definition) is 3. The molecule has 1 N–H and O–H groups in total. The van der Waals surface area contributed by atoms with E-state index in [1.807, 2.05) is 42.2 Å². The molecule has 0 spiro atoms. The number of likely N-dealkylation sites (N-methyl/N-ethyl adjacent to an activating group) is 2. The fourth-order valence-corrected chi connectivity index (χ4v) is 2.33. The van der Waals surface area contributed by atoms with Gasteiger partial charge in [0.25, 0.3) is 0 Å². The van der Waals surface area contributed by atoms with Crippen molar-refractivity contribution in [3.63, 3.8) is 0 Å². The van der Waals surface area contributed by atoms with Gasteiger partial charge in [-0.05, 0) is 23.4 Å². The second-order valence-corrected chi connectivity index (χ2v) is 5.38. The van der Waals surface area contributed by atoms with Gasteiger partial charge >= 0.3 is 0 Å². The van der Waals surface area contributed by atoms with Gasteiger partial charge in [-0.2, -0.15) is 0 Å². The summed E-state index contributed by atoms with van der Waals surface area (Å²) in [4.78, 5) is 15.5. The van der Waals surface area contributed by atoms with Gasteiger partial charge < -0.3 is 10.0 Å². The van der Waals surface area contributed by atoms with Gasteiger partial charge in [0.15, 0.2) is 0 Å². The number of rotatable bonds is 5. The van der Waals surface area contributed by atoms with Gasteiger partial charge in [0, 0.05) is 26.2 Å². The molecule has 112 valence electrons. The molecule has 0 saturated heterocycles. The molecule has 0 aliphatic heterocycles. The average molecular weight is 286 g/mol. The third kappa shape index (κ3) is 3.52. The minimum absolute atomic E-state index is 0.0663. The highest BCUT2D eigenvalue weighted by molar-refractivity contribution is 5.87. The van der Waals surface area contributed by atoms with Crippen molar-refractivity contribution in [2.24, 2.45) is 0 Å². The monoisotopic (exact) mass is 286 g/mol. The molecular weight excluding hydrogens is 264 g/mol. The smallest absolute Gasteiger partial charge is 0.236 e. The van der Waals surface area contributed by atoms with Crippen molar-refractivity contribution in [3.05, 3.63) is 42.0 Å². The van der Waals surface area contributed by atoms with Crippen molar-refractivity contribution < 1.29 is 9.90 Å². The third-order valence-corrected chi connectivity index (χ3v) is 3.70. The van der Waals surface area contributed by atoms with Gasteiger partial charge in [0.1, 0.15) is 5.75 Å². The lowest BCUT2D eigenvalue weighted by Gasteiger charge is -2.23. The lowest BCUT2D eigenvalue weighted by atomic mass is 10.0. The quantitative estimate of drug-likeness (QED) is 0.918. The molecule has 21 heavy (non-hydrogen) atoms. The molecule has 2 aromatic carbocycles. The molecule has 0 saturated carbocycles. The second kappa shape index (κ2) is 6.59. The Morgan fingerprint density at radius 1 is 1.14 bits per heavy atom. The topological polar surface area (TPSA) is 43.8 Å². The van der Waals surface area contributed by atoms with Crippen LogP contribution in [0.4, 0.5) is 0 Å². The molecule has 0 bridgehead atoms. The predicted molar refractivity (Wildman–Crippen MR) is 85.3 cm³/mol. The Balaban J connectivity index is 2.29. The Bertz CT molecular complexity index is 638. The normalized spacial score (nSPS) is 11.0. The molecule has 0 atom stereocenters. The molecule has 2 rings (SSSR count). The molecule has 4 heteroatoms. The first-order chi connectivity index (χ1) is 10.0. The molecule has 0 fully saturated rings. The maximum atomic E-state index is 11.9. The summed E-state index contributed by atoms with van der Waals surface area (Å²) in [6.07, 6.45) is 0. The van der Waals surface area contributed by atoms with Crippen LogP contribution in [0.1, 0.15) is 12.5 Å². The standard InChI is InChI=1S/C17H22N2O2/c1-4-19(12-17(21)18(2)3)11-15-14-8-6-5-7-13(14)9-10-16(15)20/h5-10,20H,4,11-12H2,1-3H3. The zero-order valence-electron chi connectivity index (χ0n) is 12.8. The molecule has 1 amide bonds. The zero-order valence-corrected chi connectivity index (χ0v) is 12.8. The minimum Gasteiger partial charge on any atom is -0.508 e. The van der Waals surface area contributed by atoms with Gasteiger partial charge in [-0.25, -0.2) is 0 Å². The summed E-state index contributed by atoms with van der Waals surface area (Å²) in [6, 6.07) is 11.6. The number of nitrogens with zero attached hydrogens (tertiary/aromatic N) is 2. The van der Waals surface area contributed by atoms with Gasteiger partial charge in [0.05, 0.1) is 6.54 Å². The summed E-state index contributed by atoms with van der Waals surface area (Å²) >= 11 is 0. The Hall–Kier alpha value is -2.07. The van der Waals surface area contributed by atoms with E-state index in [4.69, 9.17) is 0 Å². The lowest BCUT2D eigenvalue weighted by molar-refractivity contribution is -0.130. The number of phenols is 1. The van der Waals surface area contributed by atoms with E-state index in [9.17, 15) is 9.90 Å². The van der Waals surface area contributed by atoms with Crippen molar-refractivity contribution in [1.29, 1.82) is 0 Å². The van der Waals surface area contributed by atoms with Crippen molar-refractivity contribution in [1.82, 2.24) is 9.80 Å². The molecule has 0 aliphatic rings. The summed E-state index contributed by atoms with van der Waals surface area (Å²) in [5, 5.41) is 12.3. The number of amides is 1. The van der Waals surface area contributed by atoms with Crippen molar-refractivity contribution >= 4 is 16.7 Å². The summed E-state index contributed by atoms with van der Waals surface area (Å²) in [5.74, 6) is 0.348. The Kier molecular flexibility index (Phi) is 4.81. The molecule has 0 unspecified atom stereocenters. The van der Waals surface area contributed by atoms with E-state index in [-0.39, 0.29) is 11.7 Å². The van der Waals surface area contributed by atoms with Crippen LogP contribution >= 0.6 is 0 Å². The van der Waals surface area contributed by atoms with Crippen molar-refractivity contribution in [2.45, 2.75) is 13.5 Å². The molecular formula is C17H22N2O2. The highest BCUT2D eigenvalue weighted by atomic mass is 16.3. The van der Waals surface area contributed by atoms with Gasteiger partial charge in [-0.15, -0.1) is 0 Å². The SMILES string of the molecule is CCN(CC(=O)N(C)C)Cc1c(O)ccc2ccccc12. The van der Waals surface area contributed by atoms with Crippen LogP contribution in [0.2, 0.25) is 0 Å². The number of phenolic OH excluding ortho intramolecular Hbond substituents is 1. The van der Waals surface area contributed by atoms with Crippen LogP contribution < -0.4 is 0 Å². The molecule has 0 heterocycles. The van der Waals surface area contributed by atoms with Gasteiger partial charge in [0.2, 0.25) is 5.91 Å². The number of carbonyl (C=O) groups is 1. The van der Waals surface area contributed by atoms with E-state index in [0.29, 0.717) is 13.1 Å². The highest BCUT2D eigenvalue weighted by Crippen LogP contribution is 2.28. The highest BCUT2D eigenvalue weighted by Gasteiger charge is 2.14. The largest absolute Gasteiger partial charge is 0.508 e. The van der Waals surface area contributed by atoms with Crippen LogP contribution in [-0.4, -0.2) is 48.0 Å². The van der Waals surface area contributed by atoms with Gasteiger partial charge in [-0.1, -0.05) is 37.3 Å². The fraction of sp³-hybridized carbons (Fsp3) is 0.353. The minimum atomic E-state index is 0.0663. The van der Waals surface area contributed by atoms with E-state index < -0.39 is 0 Å². The fourth-order valence-electron chi connectivity index (χ4n) is 2.33. The van der Waals surface area contributed by atoms with E-state index in [0.717, 1.165) is 22.9 Å². The Morgan fingerprint density at radius 3 is 2.52 bits per heavy atom. The molecule has 0 aliphatic carbocycles. The van der Waals surface area contributed by atoms with E-state index >= 15 is 0 Å². The number of hydrogen-bond donors (Lipinski definition) is 1. The van der Waals surface area contributed by atoms with Crippen LogP contribution in [0.25, 0.3) is 10.8 Å².